The van der Waals surface area contributed by atoms with Crippen molar-refractivity contribution in [2.24, 2.45) is 11.8 Å². The molecule has 116 valence electrons. The Morgan fingerprint density at radius 2 is 1.50 bits per heavy atom. The van der Waals surface area contributed by atoms with Crippen molar-refractivity contribution in [3.8, 4) is 0 Å². The van der Waals surface area contributed by atoms with Crippen LogP contribution in [0, 0.1) is 11.8 Å². The van der Waals surface area contributed by atoms with E-state index in [-0.39, 0.29) is 5.78 Å². The van der Waals surface area contributed by atoms with Gasteiger partial charge in [0.1, 0.15) is 5.92 Å². The van der Waals surface area contributed by atoms with E-state index in [9.17, 15) is 14.4 Å². The topological polar surface area (TPSA) is 69.7 Å². The van der Waals surface area contributed by atoms with Crippen LogP contribution in [0.3, 0.4) is 0 Å². The summed E-state index contributed by atoms with van der Waals surface area (Å²) in [5, 5.41) is 0. The maximum atomic E-state index is 12.3. The number of esters is 2. The fourth-order valence-corrected chi connectivity index (χ4v) is 2.97. The number of ketones is 1. The Labute approximate surface area is 128 Å². The summed E-state index contributed by atoms with van der Waals surface area (Å²) in [7, 11) is 2.53. The Hall–Kier alpha value is -2.43. The van der Waals surface area contributed by atoms with Gasteiger partial charge < -0.3 is 9.47 Å². The van der Waals surface area contributed by atoms with Crippen LogP contribution in [0.25, 0.3) is 0 Å². The highest BCUT2D eigenvalue weighted by Gasteiger charge is 2.47. The molecule has 0 aliphatic heterocycles. The van der Waals surface area contributed by atoms with Crippen LogP contribution in [0.5, 0.6) is 0 Å². The molecule has 0 radical (unpaired) electrons. The number of ether oxygens (including phenoxy) is 2. The first kappa shape index (κ1) is 15.9. The minimum Gasteiger partial charge on any atom is -0.469 e. The Bertz CT molecular complexity index is 617. The molecule has 0 unspecified atom stereocenters. The van der Waals surface area contributed by atoms with Crippen LogP contribution in [0.1, 0.15) is 18.4 Å². The van der Waals surface area contributed by atoms with Gasteiger partial charge in [-0.1, -0.05) is 35.9 Å². The van der Waals surface area contributed by atoms with Crippen molar-refractivity contribution in [1.82, 2.24) is 0 Å². The Kier molecular flexibility index (Phi) is 4.75. The molecule has 0 fully saturated rings. The predicted octanol–water partition coefficient (Wildman–Crippen LogP) is 1.88. The van der Waals surface area contributed by atoms with Gasteiger partial charge in [-0.2, -0.15) is 0 Å². The number of hydrogen-bond donors (Lipinski definition) is 0. The summed E-state index contributed by atoms with van der Waals surface area (Å²) >= 11 is 0. The van der Waals surface area contributed by atoms with E-state index < -0.39 is 29.7 Å². The second-order valence-electron chi connectivity index (χ2n) is 5.23. The van der Waals surface area contributed by atoms with Crippen LogP contribution in [0.2, 0.25) is 0 Å². The first-order valence-corrected chi connectivity index (χ1v) is 6.94. The molecule has 22 heavy (non-hydrogen) atoms. The summed E-state index contributed by atoms with van der Waals surface area (Å²) in [6, 6.07) is 9.02. The molecule has 1 aliphatic rings. The van der Waals surface area contributed by atoms with Crippen molar-refractivity contribution in [2.45, 2.75) is 12.8 Å². The fraction of sp³-hybridized carbons (Fsp3) is 0.353. The number of hydrogen-bond acceptors (Lipinski definition) is 5. The summed E-state index contributed by atoms with van der Waals surface area (Å²) in [4.78, 5) is 36.6. The molecule has 0 heterocycles. The molecular weight excluding hydrogens is 284 g/mol. The van der Waals surface area contributed by atoms with Crippen LogP contribution in [0.15, 0.2) is 42.0 Å². The lowest BCUT2D eigenvalue weighted by Crippen LogP contribution is -2.41. The van der Waals surface area contributed by atoms with E-state index in [0.29, 0.717) is 5.57 Å². The molecule has 5 heteroatoms. The average Bonchev–Trinajstić information content (AvgIpc) is 2.53. The normalized spacial score (nSPS) is 24.4. The number of benzene rings is 1. The summed E-state index contributed by atoms with van der Waals surface area (Å²) in [5.41, 5.74) is 1.32. The maximum Gasteiger partial charge on any atom is 0.317 e. The number of carbonyl (C=O) groups excluding carboxylic acids is 3. The average molecular weight is 302 g/mol. The van der Waals surface area contributed by atoms with Gasteiger partial charge in [-0.25, -0.2) is 0 Å². The smallest absolute Gasteiger partial charge is 0.317 e. The molecule has 0 saturated heterocycles. The zero-order valence-corrected chi connectivity index (χ0v) is 12.7. The van der Waals surface area contributed by atoms with Crippen LogP contribution < -0.4 is 0 Å². The predicted molar refractivity (Wildman–Crippen MR) is 79.0 cm³/mol. The van der Waals surface area contributed by atoms with E-state index in [0.717, 1.165) is 5.56 Å². The zero-order chi connectivity index (χ0) is 16.3. The molecule has 0 spiro atoms. The lowest BCUT2D eigenvalue weighted by molar-refractivity contribution is -0.152. The summed E-state index contributed by atoms with van der Waals surface area (Å²) < 4.78 is 9.63. The molecule has 2 rings (SSSR count). The maximum absolute atomic E-state index is 12.3. The highest BCUT2D eigenvalue weighted by molar-refractivity contribution is 6.08. The second kappa shape index (κ2) is 6.56. The third-order valence-corrected chi connectivity index (χ3v) is 3.98. The second-order valence-corrected chi connectivity index (χ2v) is 5.23. The number of carbonyl (C=O) groups is 3. The van der Waals surface area contributed by atoms with E-state index in [2.05, 4.69) is 0 Å². The van der Waals surface area contributed by atoms with Gasteiger partial charge in [0.2, 0.25) is 0 Å². The van der Waals surface area contributed by atoms with E-state index in [1.165, 1.54) is 20.3 Å². The van der Waals surface area contributed by atoms with E-state index >= 15 is 0 Å². The van der Waals surface area contributed by atoms with Gasteiger partial charge >= 0.3 is 11.9 Å². The molecular formula is C17H18O5. The first-order chi connectivity index (χ1) is 10.5. The molecule has 1 aliphatic carbocycles. The molecule has 5 nitrogen and oxygen atoms in total. The molecule has 0 bridgehead atoms. The van der Waals surface area contributed by atoms with Crippen LogP contribution in [0.4, 0.5) is 0 Å². The summed E-state index contributed by atoms with van der Waals surface area (Å²) in [6.45, 7) is 1.70. The minimum atomic E-state index is -1.04. The summed E-state index contributed by atoms with van der Waals surface area (Å²) in [6.07, 6.45) is 1.34. The number of rotatable bonds is 3. The van der Waals surface area contributed by atoms with Gasteiger partial charge in [-0.05, 0) is 18.6 Å². The first-order valence-electron chi connectivity index (χ1n) is 6.94. The van der Waals surface area contributed by atoms with Gasteiger partial charge in [-0.15, -0.1) is 0 Å². The van der Waals surface area contributed by atoms with Crippen molar-refractivity contribution >= 4 is 17.7 Å². The standard InChI is InChI=1S/C17H18O5/c1-10-9-12(18)15(17(20)22-3)14(13(10)16(19)21-2)11-7-5-4-6-8-11/h4-9,13-15H,1-3H3/t13-,14-,15-/m1/s1. The van der Waals surface area contributed by atoms with Gasteiger partial charge in [0, 0.05) is 5.92 Å². The quantitative estimate of drug-likeness (QED) is 0.630. The largest absolute Gasteiger partial charge is 0.469 e. The van der Waals surface area contributed by atoms with Crippen LogP contribution in [-0.4, -0.2) is 31.9 Å². The third-order valence-electron chi connectivity index (χ3n) is 3.98. The zero-order valence-electron chi connectivity index (χ0n) is 12.7. The molecule has 1 aromatic carbocycles. The van der Waals surface area contributed by atoms with Gasteiger partial charge in [0.25, 0.3) is 0 Å². The minimum absolute atomic E-state index is 0.349. The lowest BCUT2D eigenvalue weighted by atomic mass is 9.68. The lowest BCUT2D eigenvalue weighted by Gasteiger charge is -2.34. The van der Waals surface area contributed by atoms with Crippen molar-refractivity contribution in [2.75, 3.05) is 14.2 Å². The van der Waals surface area contributed by atoms with Gasteiger partial charge in [0.15, 0.2) is 5.78 Å². The Morgan fingerprint density at radius 3 is 2.05 bits per heavy atom. The van der Waals surface area contributed by atoms with Crippen molar-refractivity contribution in [3.63, 3.8) is 0 Å². The summed E-state index contributed by atoms with van der Waals surface area (Å²) in [5.74, 6) is -3.81. The van der Waals surface area contributed by atoms with E-state index in [4.69, 9.17) is 9.47 Å². The molecule has 0 N–H and O–H groups in total. The third kappa shape index (κ3) is 2.79. The van der Waals surface area contributed by atoms with E-state index in [1.54, 1.807) is 31.2 Å². The monoisotopic (exact) mass is 302 g/mol. The highest BCUT2D eigenvalue weighted by atomic mass is 16.5. The van der Waals surface area contributed by atoms with Crippen LogP contribution >= 0.6 is 0 Å². The van der Waals surface area contributed by atoms with E-state index in [1.807, 2.05) is 6.07 Å². The van der Waals surface area contributed by atoms with Gasteiger partial charge in [0.05, 0.1) is 20.1 Å². The Balaban J connectivity index is 2.60. The van der Waals surface area contributed by atoms with Crippen molar-refractivity contribution < 1.29 is 23.9 Å². The molecule has 0 amide bonds. The van der Waals surface area contributed by atoms with Gasteiger partial charge in [-0.3, -0.25) is 14.4 Å². The number of methoxy groups -OCH3 is 2. The molecule has 0 saturated carbocycles. The van der Waals surface area contributed by atoms with Crippen LogP contribution in [-0.2, 0) is 23.9 Å². The fourth-order valence-electron chi connectivity index (χ4n) is 2.97. The highest BCUT2D eigenvalue weighted by Crippen LogP contribution is 2.41. The SMILES string of the molecule is COC(=O)[C@@H]1C(C)=CC(=O)[C@@H](C(=O)OC)[C@@H]1c1ccccc1. The van der Waals surface area contributed by atoms with Crippen molar-refractivity contribution in [1.29, 1.82) is 0 Å². The van der Waals surface area contributed by atoms with Crippen molar-refractivity contribution in [3.05, 3.63) is 47.5 Å². The molecule has 0 aromatic heterocycles. The molecule has 1 aromatic rings. The Morgan fingerprint density at radius 1 is 0.955 bits per heavy atom. The number of allylic oxidation sites excluding steroid dienone is 1. The molecule has 3 atom stereocenters.